The summed E-state index contributed by atoms with van der Waals surface area (Å²) in [4.78, 5) is 12.8. The van der Waals surface area contributed by atoms with Gasteiger partial charge in [-0.3, -0.25) is 4.79 Å². The molecule has 1 amide bonds. The van der Waals surface area contributed by atoms with Gasteiger partial charge in [0.1, 0.15) is 0 Å². The number of nitrogens with one attached hydrogen (secondary N) is 1. The number of rotatable bonds is 7. The van der Waals surface area contributed by atoms with E-state index in [0.29, 0.717) is 5.92 Å². The number of hydrogen-bond donors (Lipinski definition) is 1. The van der Waals surface area contributed by atoms with Crippen LogP contribution in [-0.4, -0.2) is 23.8 Å². The van der Waals surface area contributed by atoms with Crippen molar-refractivity contribution in [1.82, 2.24) is 9.88 Å². The molecule has 2 aromatic rings. The highest BCUT2D eigenvalue weighted by atomic mass is 16.7. The second-order valence-corrected chi connectivity index (χ2v) is 8.32. The number of nitrogens with zero attached hydrogens (tertiary/aromatic N) is 1. The summed E-state index contributed by atoms with van der Waals surface area (Å²) < 4.78 is 13.4. The molecule has 1 aliphatic carbocycles. The number of benzene rings is 1. The van der Waals surface area contributed by atoms with Crippen molar-refractivity contribution in [3.63, 3.8) is 0 Å². The Morgan fingerprint density at radius 3 is 2.72 bits per heavy atom. The van der Waals surface area contributed by atoms with E-state index in [4.69, 9.17) is 9.47 Å². The van der Waals surface area contributed by atoms with Gasteiger partial charge < -0.3 is 19.4 Å². The molecule has 0 spiro atoms. The van der Waals surface area contributed by atoms with Crippen LogP contribution in [0.15, 0.2) is 24.3 Å². The van der Waals surface area contributed by atoms with Gasteiger partial charge in [-0.1, -0.05) is 32.6 Å². The minimum atomic E-state index is 0.0281. The second-order valence-electron chi connectivity index (χ2n) is 8.32. The topological polar surface area (TPSA) is 52.5 Å². The highest BCUT2D eigenvalue weighted by Gasteiger charge is 2.23. The predicted molar refractivity (Wildman–Crippen MR) is 115 cm³/mol. The van der Waals surface area contributed by atoms with Crippen LogP contribution in [-0.2, 0) is 6.54 Å². The van der Waals surface area contributed by atoms with Crippen LogP contribution in [0.2, 0.25) is 0 Å². The van der Waals surface area contributed by atoms with E-state index in [2.05, 4.69) is 35.9 Å². The smallest absolute Gasteiger partial charge is 0.253 e. The van der Waals surface area contributed by atoms with E-state index < -0.39 is 0 Å². The highest BCUT2D eigenvalue weighted by Crippen LogP contribution is 2.38. The van der Waals surface area contributed by atoms with Gasteiger partial charge in [-0.05, 0) is 56.4 Å². The maximum Gasteiger partial charge on any atom is 0.253 e. The Morgan fingerprint density at radius 1 is 1.14 bits per heavy atom. The molecule has 5 nitrogen and oxygen atoms in total. The molecule has 1 fully saturated rings. The SMILES string of the molecule is CCCCNC(=O)c1cc(-c2ccc3c(c2)OCO3)n(CC2CCCCC2)c1C. The van der Waals surface area contributed by atoms with Crippen molar-refractivity contribution in [2.24, 2.45) is 5.92 Å². The van der Waals surface area contributed by atoms with E-state index >= 15 is 0 Å². The standard InChI is InChI=1S/C24H32N2O3/c1-3-4-12-25-24(27)20-14-21(19-10-11-22-23(13-19)29-16-28-22)26(17(20)2)15-18-8-6-5-7-9-18/h10-11,13-14,18H,3-9,12,15-16H2,1-2H3,(H,25,27). The lowest BCUT2D eigenvalue weighted by Gasteiger charge is -2.24. The summed E-state index contributed by atoms with van der Waals surface area (Å²) in [5, 5.41) is 3.08. The van der Waals surface area contributed by atoms with Crippen LogP contribution in [0.3, 0.4) is 0 Å². The molecule has 29 heavy (non-hydrogen) atoms. The summed E-state index contributed by atoms with van der Waals surface area (Å²) in [6.07, 6.45) is 8.60. The molecule has 1 N–H and O–H groups in total. The number of amides is 1. The first kappa shape index (κ1) is 19.9. The predicted octanol–water partition coefficient (Wildman–Crippen LogP) is 5.30. The zero-order chi connectivity index (χ0) is 20.2. The quantitative estimate of drug-likeness (QED) is 0.646. The Morgan fingerprint density at radius 2 is 1.93 bits per heavy atom. The molecule has 2 heterocycles. The van der Waals surface area contributed by atoms with E-state index in [-0.39, 0.29) is 12.7 Å². The first-order valence-electron chi connectivity index (χ1n) is 11.1. The molecule has 156 valence electrons. The molecule has 5 heteroatoms. The number of ether oxygens (including phenoxy) is 2. The Bertz CT molecular complexity index is 865. The third kappa shape index (κ3) is 4.29. The Balaban J connectivity index is 1.67. The molecule has 1 aliphatic heterocycles. The van der Waals surface area contributed by atoms with E-state index in [1.54, 1.807) is 0 Å². The number of fused-ring (bicyclic) bond motifs is 1. The maximum atomic E-state index is 12.8. The van der Waals surface area contributed by atoms with Gasteiger partial charge in [-0.2, -0.15) is 0 Å². The van der Waals surface area contributed by atoms with Crippen LogP contribution in [0.1, 0.15) is 67.9 Å². The van der Waals surface area contributed by atoms with Crippen LogP contribution in [0.4, 0.5) is 0 Å². The van der Waals surface area contributed by atoms with Gasteiger partial charge in [0.15, 0.2) is 11.5 Å². The maximum absolute atomic E-state index is 12.8. The fourth-order valence-corrected chi connectivity index (χ4v) is 4.51. The van der Waals surface area contributed by atoms with Gasteiger partial charge in [0.05, 0.1) is 5.56 Å². The first-order valence-corrected chi connectivity index (χ1v) is 11.1. The number of carbonyl (C=O) groups is 1. The molecule has 0 radical (unpaired) electrons. The van der Waals surface area contributed by atoms with Crippen molar-refractivity contribution in [2.45, 2.75) is 65.3 Å². The largest absolute Gasteiger partial charge is 0.454 e. The van der Waals surface area contributed by atoms with Crippen LogP contribution < -0.4 is 14.8 Å². The van der Waals surface area contributed by atoms with E-state index in [1.807, 2.05) is 12.1 Å². The molecule has 0 atom stereocenters. The van der Waals surface area contributed by atoms with Crippen molar-refractivity contribution < 1.29 is 14.3 Å². The van der Waals surface area contributed by atoms with Gasteiger partial charge in [-0.25, -0.2) is 0 Å². The molecule has 0 unspecified atom stereocenters. The van der Waals surface area contributed by atoms with Gasteiger partial charge in [0, 0.05) is 30.0 Å². The van der Waals surface area contributed by atoms with Crippen molar-refractivity contribution in [3.05, 3.63) is 35.5 Å². The Labute approximate surface area is 173 Å². The van der Waals surface area contributed by atoms with Crippen molar-refractivity contribution in [1.29, 1.82) is 0 Å². The van der Waals surface area contributed by atoms with Crippen LogP contribution in [0.5, 0.6) is 11.5 Å². The lowest BCUT2D eigenvalue weighted by atomic mass is 9.89. The van der Waals surface area contributed by atoms with Crippen molar-refractivity contribution in [2.75, 3.05) is 13.3 Å². The summed E-state index contributed by atoms with van der Waals surface area (Å²) in [6.45, 7) is 6.18. The van der Waals surface area contributed by atoms with Crippen LogP contribution in [0.25, 0.3) is 11.3 Å². The Hall–Kier alpha value is -2.43. The molecule has 0 saturated heterocycles. The zero-order valence-electron chi connectivity index (χ0n) is 17.6. The van der Waals surface area contributed by atoms with Crippen LogP contribution in [0, 0.1) is 12.8 Å². The summed E-state index contributed by atoms with van der Waals surface area (Å²) in [5.41, 5.74) is 4.00. The molecule has 4 rings (SSSR count). The lowest BCUT2D eigenvalue weighted by molar-refractivity contribution is 0.0952. The van der Waals surface area contributed by atoms with Crippen molar-refractivity contribution >= 4 is 5.91 Å². The average molecular weight is 397 g/mol. The number of hydrogen-bond acceptors (Lipinski definition) is 3. The Kier molecular flexibility index (Phi) is 6.12. The molecule has 0 bridgehead atoms. The summed E-state index contributed by atoms with van der Waals surface area (Å²) >= 11 is 0. The number of aromatic nitrogens is 1. The summed E-state index contributed by atoms with van der Waals surface area (Å²) in [6, 6.07) is 8.12. The van der Waals surface area contributed by atoms with Crippen molar-refractivity contribution in [3.8, 4) is 22.8 Å². The second kappa shape index (κ2) is 8.93. The van der Waals surface area contributed by atoms with Gasteiger partial charge in [-0.15, -0.1) is 0 Å². The minimum Gasteiger partial charge on any atom is -0.454 e. The monoisotopic (exact) mass is 396 g/mol. The van der Waals surface area contributed by atoms with Gasteiger partial charge >= 0.3 is 0 Å². The fraction of sp³-hybridized carbons (Fsp3) is 0.542. The van der Waals surface area contributed by atoms with Gasteiger partial charge in [0.25, 0.3) is 5.91 Å². The molecule has 1 saturated carbocycles. The van der Waals surface area contributed by atoms with E-state index in [0.717, 1.165) is 59.9 Å². The number of carbonyl (C=O) groups excluding carboxylic acids is 1. The van der Waals surface area contributed by atoms with E-state index in [1.165, 1.54) is 32.1 Å². The molecular weight excluding hydrogens is 364 g/mol. The first-order chi connectivity index (χ1) is 14.2. The molecule has 1 aromatic heterocycles. The van der Waals surface area contributed by atoms with Crippen LogP contribution >= 0.6 is 0 Å². The molecule has 2 aliphatic rings. The summed E-state index contributed by atoms with van der Waals surface area (Å²) in [7, 11) is 0. The highest BCUT2D eigenvalue weighted by molar-refractivity contribution is 5.97. The van der Waals surface area contributed by atoms with Gasteiger partial charge in [0.2, 0.25) is 6.79 Å². The van der Waals surface area contributed by atoms with E-state index in [9.17, 15) is 4.79 Å². The minimum absolute atomic E-state index is 0.0281. The average Bonchev–Trinajstić information content (AvgIpc) is 3.33. The molecular formula is C24H32N2O3. The molecule has 1 aromatic carbocycles. The fourth-order valence-electron chi connectivity index (χ4n) is 4.51. The summed E-state index contributed by atoms with van der Waals surface area (Å²) in [5.74, 6) is 2.27. The lowest BCUT2D eigenvalue weighted by Crippen LogP contribution is -2.25. The zero-order valence-corrected chi connectivity index (χ0v) is 17.6. The number of unbranched alkanes of at least 4 members (excludes halogenated alkanes) is 1. The normalized spacial score (nSPS) is 16.2. The third-order valence-electron chi connectivity index (χ3n) is 6.26. The third-order valence-corrected chi connectivity index (χ3v) is 6.26.